The molecule has 1 saturated heterocycles. The molecular formula is C21H17Cl3NO3. The minimum absolute atomic E-state index is 0.166. The van der Waals surface area contributed by atoms with Gasteiger partial charge in [-0.3, -0.25) is 9.59 Å². The Labute approximate surface area is 178 Å². The minimum atomic E-state index is -0.803. The first-order valence-corrected chi connectivity index (χ1v) is 9.85. The van der Waals surface area contributed by atoms with Gasteiger partial charge in [0, 0.05) is 46.4 Å². The number of rotatable bonds is 4. The standard InChI is InChI=1S/C21H17Cl3NO3/c22-15-5-6-16(18(24)12-15)20-13(2-1-3-17(20)23)4-7-19(26)25-10-8-14(9-11-25)21(27)28/h1-2,4-7,12,14H,8-11H2,(H,27,28)/b7-4+. The highest BCUT2D eigenvalue weighted by Gasteiger charge is 2.26. The lowest BCUT2D eigenvalue weighted by molar-refractivity contribution is -0.144. The van der Waals surface area contributed by atoms with E-state index < -0.39 is 5.97 Å². The number of benzene rings is 2. The smallest absolute Gasteiger partial charge is 0.306 e. The van der Waals surface area contributed by atoms with Crippen molar-refractivity contribution in [2.75, 3.05) is 13.1 Å². The van der Waals surface area contributed by atoms with Gasteiger partial charge in [0.2, 0.25) is 5.91 Å². The summed E-state index contributed by atoms with van der Waals surface area (Å²) < 4.78 is 0. The minimum Gasteiger partial charge on any atom is -0.481 e. The molecule has 0 bridgehead atoms. The van der Waals surface area contributed by atoms with Crippen molar-refractivity contribution in [1.29, 1.82) is 0 Å². The number of carbonyl (C=O) groups is 2. The Balaban J connectivity index is 1.82. The number of carboxylic acids is 1. The second-order valence-corrected chi connectivity index (χ2v) is 7.74. The summed E-state index contributed by atoms with van der Waals surface area (Å²) in [5.41, 5.74) is 2.09. The number of piperidine rings is 1. The molecule has 0 aliphatic carbocycles. The maximum absolute atomic E-state index is 12.5. The number of nitrogens with zero attached hydrogens (tertiary/aromatic N) is 1. The third kappa shape index (κ3) is 4.69. The average molecular weight is 438 g/mol. The number of carboxylic acid groups (broad SMARTS) is 1. The fraction of sp³-hybridized carbons (Fsp3) is 0.238. The van der Waals surface area contributed by atoms with E-state index in [-0.39, 0.29) is 11.8 Å². The van der Waals surface area contributed by atoms with E-state index in [4.69, 9.17) is 39.9 Å². The molecule has 28 heavy (non-hydrogen) atoms. The van der Waals surface area contributed by atoms with Crippen LogP contribution in [0.4, 0.5) is 0 Å². The molecule has 1 aliphatic rings. The number of likely N-dealkylation sites (tertiary alicyclic amines) is 1. The molecule has 1 heterocycles. The molecule has 0 atom stereocenters. The molecule has 1 amide bonds. The van der Waals surface area contributed by atoms with E-state index in [2.05, 4.69) is 6.07 Å². The van der Waals surface area contributed by atoms with Gasteiger partial charge in [-0.15, -0.1) is 0 Å². The van der Waals surface area contributed by atoms with E-state index in [1.165, 1.54) is 6.08 Å². The van der Waals surface area contributed by atoms with Crippen LogP contribution in [0.2, 0.25) is 15.1 Å². The van der Waals surface area contributed by atoms with Crippen LogP contribution in [0.5, 0.6) is 0 Å². The van der Waals surface area contributed by atoms with Gasteiger partial charge in [0.25, 0.3) is 0 Å². The highest BCUT2D eigenvalue weighted by molar-refractivity contribution is 6.38. The maximum Gasteiger partial charge on any atom is 0.306 e. The highest BCUT2D eigenvalue weighted by Crippen LogP contribution is 2.37. The van der Waals surface area contributed by atoms with Gasteiger partial charge in [-0.2, -0.15) is 0 Å². The molecule has 1 N–H and O–H groups in total. The van der Waals surface area contributed by atoms with Crippen LogP contribution in [0.3, 0.4) is 0 Å². The van der Waals surface area contributed by atoms with Gasteiger partial charge in [0.1, 0.15) is 0 Å². The Bertz CT molecular complexity index is 934. The number of hydrogen-bond acceptors (Lipinski definition) is 2. The number of hydrogen-bond donors (Lipinski definition) is 1. The number of carbonyl (C=O) groups excluding carboxylic acids is 1. The molecule has 1 aliphatic heterocycles. The molecule has 7 heteroatoms. The van der Waals surface area contributed by atoms with Gasteiger partial charge >= 0.3 is 5.97 Å². The molecule has 1 fully saturated rings. The zero-order valence-electron chi connectivity index (χ0n) is 14.8. The zero-order valence-corrected chi connectivity index (χ0v) is 17.1. The molecule has 0 aromatic heterocycles. The Morgan fingerprint density at radius 1 is 1.14 bits per heavy atom. The van der Waals surface area contributed by atoms with Crippen molar-refractivity contribution >= 4 is 52.8 Å². The average Bonchev–Trinajstić information content (AvgIpc) is 2.67. The van der Waals surface area contributed by atoms with Crippen LogP contribution >= 0.6 is 34.8 Å². The largest absolute Gasteiger partial charge is 0.481 e. The molecule has 0 spiro atoms. The normalized spacial score (nSPS) is 15.2. The van der Waals surface area contributed by atoms with E-state index in [9.17, 15) is 9.59 Å². The number of amides is 1. The van der Waals surface area contributed by atoms with Gasteiger partial charge in [0.15, 0.2) is 0 Å². The van der Waals surface area contributed by atoms with Gasteiger partial charge in [-0.25, -0.2) is 0 Å². The summed E-state index contributed by atoms with van der Waals surface area (Å²) in [5, 5.41) is 10.4. The molecule has 2 aromatic carbocycles. The Morgan fingerprint density at radius 3 is 2.50 bits per heavy atom. The third-order valence-corrected chi connectivity index (χ3v) is 5.59. The van der Waals surface area contributed by atoms with Crippen molar-refractivity contribution < 1.29 is 14.7 Å². The summed E-state index contributed by atoms with van der Waals surface area (Å²) >= 11 is 18.7. The Morgan fingerprint density at radius 2 is 1.86 bits per heavy atom. The number of aliphatic carboxylic acids is 1. The second kappa shape index (κ2) is 8.99. The van der Waals surface area contributed by atoms with E-state index in [0.29, 0.717) is 52.1 Å². The van der Waals surface area contributed by atoms with E-state index in [1.807, 2.05) is 0 Å². The van der Waals surface area contributed by atoms with Crippen LogP contribution < -0.4 is 0 Å². The lowest BCUT2D eigenvalue weighted by atomic mass is 9.97. The maximum atomic E-state index is 12.5. The quantitative estimate of drug-likeness (QED) is 0.647. The molecule has 2 aromatic rings. The summed E-state index contributed by atoms with van der Waals surface area (Å²) in [6.45, 7) is 0.860. The Hall–Kier alpha value is -2.01. The predicted molar refractivity (Wildman–Crippen MR) is 112 cm³/mol. The first-order chi connectivity index (χ1) is 13.4. The first kappa shape index (κ1) is 20.7. The molecule has 0 unspecified atom stereocenters. The highest BCUT2D eigenvalue weighted by atomic mass is 35.5. The van der Waals surface area contributed by atoms with E-state index >= 15 is 0 Å². The number of halogens is 3. The molecule has 1 radical (unpaired) electrons. The van der Waals surface area contributed by atoms with Gasteiger partial charge in [0.05, 0.1) is 10.9 Å². The van der Waals surface area contributed by atoms with Crippen LogP contribution in [-0.2, 0) is 9.59 Å². The third-order valence-electron chi connectivity index (χ3n) is 4.74. The molecule has 145 valence electrons. The molecule has 0 saturated carbocycles. The van der Waals surface area contributed by atoms with Crippen molar-refractivity contribution in [3.8, 4) is 11.1 Å². The Kier molecular flexibility index (Phi) is 6.65. The summed E-state index contributed by atoms with van der Waals surface area (Å²) in [5.74, 6) is -1.35. The predicted octanol–water partition coefficient (Wildman–Crippen LogP) is 5.45. The molecule has 3 rings (SSSR count). The lowest BCUT2D eigenvalue weighted by Crippen LogP contribution is -2.39. The van der Waals surface area contributed by atoms with Crippen LogP contribution in [-0.4, -0.2) is 35.0 Å². The zero-order chi connectivity index (χ0) is 20.3. The van der Waals surface area contributed by atoms with Crippen molar-refractivity contribution in [2.45, 2.75) is 12.8 Å². The summed E-state index contributed by atoms with van der Waals surface area (Å²) in [4.78, 5) is 25.2. The van der Waals surface area contributed by atoms with Crippen LogP contribution in [0, 0.1) is 12.0 Å². The summed E-state index contributed by atoms with van der Waals surface area (Å²) in [6.07, 6.45) is 4.09. The van der Waals surface area contributed by atoms with Crippen molar-refractivity contribution in [1.82, 2.24) is 4.90 Å². The lowest BCUT2D eigenvalue weighted by Gasteiger charge is -2.29. The van der Waals surface area contributed by atoms with Crippen molar-refractivity contribution in [3.05, 3.63) is 63.1 Å². The monoisotopic (exact) mass is 436 g/mol. The summed E-state index contributed by atoms with van der Waals surface area (Å²) in [7, 11) is 0. The topological polar surface area (TPSA) is 57.6 Å². The van der Waals surface area contributed by atoms with Crippen molar-refractivity contribution in [3.63, 3.8) is 0 Å². The molecule has 4 nitrogen and oxygen atoms in total. The summed E-state index contributed by atoms with van der Waals surface area (Å²) in [6, 6.07) is 11.5. The van der Waals surface area contributed by atoms with Gasteiger partial charge in [-0.05, 0) is 36.6 Å². The van der Waals surface area contributed by atoms with E-state index in [1.54, 1.807) is 41.3 Å². The molecular weight excluding hydrogens is 421 g/mol. The van der Waals surface area contributed by atoms with Crippen LogP contribution in [0.1, 0.15) is 18.4 Å². The van der Waals surface area contributed by atoms with Crippen molar-refractivity contribution in [2.24, 2.45) is 5.92 Å². The second-order valence-electron chi connectivity index (χ2n) is 6.52. The van der Waals surface area contributed by atoms with Crippen LogP contribution in [0.15, 0.2) is 36.4 Å². The van der Waals surface area contributed by atoms with Gasteiger partial charge in [-0.1, -0.05) is 53.0 Å². The van der Waals surface area contributed by atoms with Crippen LogP contribution in [0.25, 0.3) is 17.2 Å². The van der Waals surface area contributed by atoms with Gasteiger partial charge < -0.3 is 10.0 Å². The van der Waals surface area contributed by atoms with E-state index in [0.717, 1.165) is 5.56 Å². The SMILES string of the molecule is O=C(O)C1CCN(C(=O)/C=C/c2cc[c]c(Cl)c2-c2ccc(Cl)cc2Cl)CC1. The fourth-order valence-corrected chi connectivity index (χ4v) is 3.98. The fourth-order valence-electron chi connectivity index (χ4n) is 3.20. The first-order valence-electron chi connectivity index (χ1n) is 8.72.